The molecule has 0 bridgehead atoms. The molecule has 1 N–H and O–H groups in total. The zero-order chi connectivity index (χ0) is 17.6. The molecule has 4 rings (SSSR count). The van der Waals surface area contributed by atoms with Crippen molar-refractivity contribution >= 4 is 11.8 Å². The number of ether oxygens (including phenoxy) is 1. The Bertz CT molecular complexity index is 680. The number of carbonyl (C=O) groups excluding carboxylic acids is 2. The number of nitrogens with zero attached hydrogens (tertiary/aromatic N) is 3. The average Bonchev–Trinajstić information content (AvgIpc) is 2.95. The first-order chi connectivity index (χ1) is 12.0. The van der Waals surface area contributed by atoms with Crippen LogP contribution in [0, 0.1) is 17.8 Å². The van der Waals surface area contributed by atoms with Crippen LogP contribution in [0.2, 0.25) is 0 Å². The van der Waals surface area contributed by atoms with Crippen LogP contribution in [0.25, 0.3) is 0 Å². The second kappa shape index (κ2) is 6.12. The molecule has 1 spiro atoms. The van der Waals surface area contributed by atoms with Crippen molar-refractivity contribution in [1.29, 1.82) is 0 Å². The predicted molar refractivity (Wildman–Crippen MR) is 90.8 cm³/mol. The van der Waals surface area contributed by atoms with Crippen molar-refractivity contribution in [1.82, 2.24) is 20.0 Å². The highest BCUT2D eigenvalue weighted by Gasteiger charge is 2.56. The molecule has 3 fully saturated rings. The molecule has 7 nitrogen and oxygen atoms in total. The van der Waals surface area contributed by atoms with Crippen molar-refractivity contribution in [2.24, 2.45) is 24.8 Å². The van der Waals surface area contributed by atoms with Crippen molar-refractivity contribution in [2.45, 2.75) is 31.8 Å². The molecule has 3 heterocycles. The minimum atomic E-state index is -0.176. The van der Waals surface area contributed by atoms with Gasteiger partial charge in [0.15, 0.2) is 0 Å². The molecule has 136 valence electrons. The summed E-state index contributed by atoms with van der Waals surface area (Å²) in [6.07, 6.45) is 4.54. The molecule has 3 aliphatic rings. The summed E-state index contributed by atoms with van der Waals surface area (Å²) in [4.78, 5) is 26.4. The fraction of sp³-hybridized carbons (Fsp3) is 0.722. The van der Waals surface area contributed by atoms with E-state index in [1.807, 2.05) is 4.90 Å². The van der Waals surface area contributed by atoms with Gasteiger partial charge in [-0.1, -0.05) is 6.92 Å². The second-order valence-electron chi connectivity index (χ2n) is 7.80. The minimum Gasteiger partial charge on any atom is -0.371 e. The fourth-order valence-corrected chi connectivity index (χ4v) is 4.25. The maximum absolute atomic E-state index is 12.3. The molecule has 0 aromatic carbocycles. The van der Waals surface area contributed by atoms with Gasteiger partial charge in [0.25, 0.3) is 5.91 Å². The highest BCUT2D eigenvalue weighted by Crippen LogP contribution is 2.45. The number of likely N-dealkylation sites (tertiary alicyclic amines) is 1. The van der Waals surface area contributed by atoms with Crippen molar-refractivity contribution in [3.8, 4) is 0 Å². The standard InChI is InChI=1S/C18H26N4O3/c1-12-9-14(12)17(24)22-10-18(11-22)13(5-8-25-18)3-6-19-16(23)15-4-7-20-21(15)2/h4,7,12-14H,3,5-6,8-11H2,1-2H3,(H,19,23)/t12-,13+,14+/m1/s1. The van der Waals surface area contributed by atoms with Crippen LogP contribution in [0.3, 0.4) is 0 Å². The van der Waals surface area contributed by atoms with Crippen LogP contribution in [0.15, 0.2) is 12.3 Å². The Morgan fingerprint density at radius 1 is 1.44 bits per heavy atom. The van der Waals surface area contributed by atoms with Gasteiger partial charge in [0.2, 0.25) is 5.91 Å². The molecule has 2 amide bonds. The molecule has 1 saturated carbocycles. The Kier molecular flexibility index (Phi) is 4.06. The monoisotopic (exact) mass is 346 g/mol. The normalized spacial score (nSPS) is 29.5. The van der Waals surface area contributed by atoms with E-state index in [9.17, 15) is 9.59 Å². The van der Waals surface area contributed by atoms with E-state index in [-0.39, 0.29) is 17.4 Å². The van der Waals surface area contributed by atoms with Crippen molar-refractivity contribution < 1.29 is 14.3 Å². The van der Waals surface area contributed by atoms with E-state index in [0.29, 0.717) is 30.0 Å². The van der Waals surface area contributed by atoms with Crippen LogP contribution in [0.5, 0.6) is 0 Å². The fourth-order valence-electron chi connectivity index (χ4n) is 4.25. The van der Waals surface area contributed by atoms with E-state index in [1.165, 1.54) is 0 Å². The molecule has 1 aliphatic carbocycles. The summed E-state index contributed by atoms with van der Waals surface area (Å²) in [5.74, 6) is 1.40. The van der Waals surface area contributed by atoms with Gasteiger partial charge in [-0.25, -0.2) is 0 Å². The number of amides is 2. The second-order valence-corrected chi connectivity index (χ2v) is 7.80. The Hall–Kier alpha value is -1.89. The lowest BCUT2D eigenvalue weighted by Gasteiger charge is -2.50. The van der Waals surface area contributed by atoms with E-state index in [1.54, 1.807) is 24.0 Å². The van der Waals surface area contributed by atoms with Crippen molar-refractivity contribution in [2.75, 3.05) is 26.2 Å². The summed E-state index contributed by atoms with van der Waals surface area (Å²) in [7, 11) is 1.76. The maximum atomic E-state index is 12.3. The number of nitrogens with one attached hydrogen (secondary N) is 1. The summed E-state index contributed by atoms with van der Waals surface area (Å²) in [5, 5.41) is 6.99. The van der Waals surface area contributed by atoms with Gasteiger partial charge in [0.05, 0.1) is 13.1 Å². The first-order valence-electron chi connectivity index (χ1n) is 9.19. The van der Waals surface area contributed by atoms with Gasteiger partial charge in [0, 0.05) is 32.3 Å². The predicted octanol–water partition coefficient (Wildman–Crippen LogP) is 0.813. The number of rotatable bonds is 5. The van der Waals surface area contributed by atoms with Gasteiger partial charge in [-0.2, -0.15) is 5.10 Å². The summed E-state index contributed by atoms with van der Waals surface area (Å²) in [6, 6.07) is 1.71. The average molecular weight is 346 g/mol. The van der Waals surface area contributed by atoms with Gasteiger partial charge in [0.1, 0.15) is 11.3 Å². The molecular formula is C18H26N4O3. The zero-order valence-electron chi connectivity index (χ0n) is 14.9. The van der Waals surface area contributed by atoms with Crippen molar-refractivity contribution in [3.05, 3.63) is 18.0 Å². The van der Waals surface area contributed by atoms with Crippen LogP contribution in [0.4, 0.5) is 0 Å². The molecule has 2 aliphatic heterocycles. The molecule has 3 atom stereocenters. The zero-order valence-corrected chi connectivity index (χ0v) is 14.9. The lowest BCUT2D eigenvalue weighted by molar-refractivity contribution is -0.166. The van der Waals surface area contributed by atoms with Gasteiger partial charge in [-0.3, -0.25) is 14.3 Å². The maximum Gasteiger partial charge on any atom is 0.269 e. The third-order valence-electron chi connectivity index (χ3n) is 6.09. The Morgan fingerprint density at radius 2 is 2.20 bits per heavy atom. The number of aryl methyl sites for hydroxylation is 1. The third kappa shape index (κ3) is 2.94. The van der Waals surface area contributed by atoms with Crippen LogP contribution in [0.1, 0.15) is 36.7 Å². The smallest absolute Gasteiger partial charge is 0.269 e. The van der Waals surface area contributed by atoms with E-state index < -0.39 is 0 Å². The highest BCUT2D eigenvalue weighted by atomic mass is 16.5. The summed E-state index contributed by atoms with van der Waals surface area (Å²) < 4.78 is 7.60. The largest absolute Gasteiger partial charge is 0.371 e. The lowest BCUT2D eigenvalue weighted by Crippen LogP contribution is -2.66. The Balaban J connectivity index is 1.26. The topological polar surface area (TPSA) is 76.5 Å². The summed E-state index contributed by atoms with van der Waals surface area (Å²) in [6.45, 7) is 4.94. The molecule has 2 saturated heterocycles. The van der Waals surface area contributed by atoms with Gasteiger partial charge in [-0.05, 0) is 37.2 Å². The molecule has 0 radical (unpaired) electrons. The lowest BCUT2D eigenvalue weighted by atomic mass is 9.78. The summed E-state index contributed by atoms with van der Waals surface area (Å²) >= 11 is 0. The van der Waals surface area contributed by atoms with E-state index >= 15 is 0 Å². The SMILES string of the molecule is C[C@@H]1C[C@@H]1C(=O)N1CC2(C1)OCC[C@@H]2CCNC(=O)c1ccnn1C. The van der Waals surface area contributed by atoms with Crippen LogP contribution < -0.4 is 5.32 Å². The molecule has 1 aromatic rings. The number of carbonyl (C=O) groups is 2. The molecule has 25 heavy (non-hydrogen) atoms. The first-order valence-corrected chi connectivity index (χ1v) is 9.19. The quantitative estimate of drug-likeness (QED) is 0.856. The Labute approximate surface area is 147 Å². The molecule has 1 aromatic heterocycles. The Morgan fingerprint density at radius 3 is 2.84 bits per heavy atom. The van der Waals surface area contributed by atoms with Gasteiger partial charge >= 0.3 is 0 Å². The van der Waals surface area contributed by atoms with E-state index in [0.717, 1.165) is 39.0 Å². The molecule has 7 heteroatoms. The number of hydrogen-bond donors (Lipinski definition) is 1. The molecule has 0 unspecified atom stereocenters. The minimum absolute atomic E-state index is 0.0962. The third-order valence-corrected chi connectivity index (χ3v) is 6.09. The number of hydrogen-bond acceptors (Lipinski definition) is 4. The van der Waals surface area contributed by atoms with Crippen LogP contribution >= 0.6 is 0 Å². The van der Waals surface area contributed by atoms with Gasteiger partial charge in [-0.15, -0.1) is 0 Å². The van der Waals surface area contributed by atoms with Crippen molar-refractivity contribution in [3.63, 3.8) is 0 Å². The summed E-state index contributed by atoms with van der Waals surface area (Å²) in [5.41, 5.74) is 0.391. The van der Waals surface area contributed by atoms with Gasteiger partial charge < -0.3 is 15.0 Å². The first kappa shape index (κ1) is 16.6. The van der Waals surface area contributed by atoms with Crippen LogP contribution in [-0.4, -0.2) is 58.3 Å². The number of aromatic nitrogens is 2. The molecular weight excluding hydrogens is 320 g/mol. The highest BCUT2D eigenvalue weighted by molar-refractivity contribution is 5.92. The van der Waals surface area contributed by atoms with E-state index in [4.69, 9.17) is 4.74 Å². The van der Waals surface area contributed by atoms with Crippen LogP contribution in [-0.2, 0) is 16.6 Å². The van der Waals surface area contributed by atoms with E-state index in [2.05, 4.69) is 17.3 Å².